The van der Waals surface area contributed by atoms with Crippen LogP contribution >= 0.6 is 0 Å². The molecule has 0 saturated carbocycles. The van der Waals surface area contributed by atoms with Gasteiger partial charge in [0.05, 0.1) is 11.7 Å². The van der Waals surface area contributed by atoms with Crippen LogP contribution in [0.1, 0.15) is 51.8 Å². The minimum absolute atomic E-state index is 0.00324. The van der Waals surface area contributed by atoms with Crippen molar-refractivity contribution in [3.8, 4) is 0 Å². The van der Waals surface area contributed by atoms with Crippen LogP contribution in [0.4, 0.5) is 0 Å². The SMILES string of the molecule is CCC1(CC)NC(=O)CCN(C(C)c2ccccn2)C1=O. The second-order valence-electron chi connectivity index (χ2n) is 5.52. The molecule has 0 radical (unpaired) electrons. The van der Waals surface area contributed by atoms with Gasteiger partial charge in [-0.05, 0) is 31.9 Å². The van der Waals surface area contributed by atoms with Crippen LogP contribution in [-0.2, 0) is 9.59 Å². The number of hydrogen-bond donors (Lipinski definition) is 1. The Labute approximate surface area is 125 Å². The number of carbonyl (C=O) groups excluding carboxylic acids is 2. The van der Waals surface area contributed by atoms with Crippen LogP contribution in [0, 0.1) is 0 Å². The van der Waals surface area contributed by atoms with E-state index in [2.05, 4.69) is 10.3 Å². The first-order chi connectivity index (χ1) is 10.0. The Hall–Kier alpha value is -1.91. The zero-order valence-electron chi connectivity index (χ0n) is 12.9. The fourth-order valence-electron chi connectivity index (χ4n) is 2.86. The summed E-state index contributed by atoms with van der Waals surface area (Å²) in [5.41, 5.74) is 0.0673. The first kappa shape index (κ1) is 15.5. The van der Waals surface area contributed by atoms with E-state index < -0.39 is 5.54 Å². The van der Waals surface area contributed by atoms with E-state index >= 15 is 0 Å². The fraction of sp³-hybridized carbons (Fsp3) is 0.562. The van der Waals surface area contributed by atoms with Gasteiger partial charge in [0.1, 0.15) is 5.54 Å². The molecule has 1 aromatic rings. The van der Waals surface area contributed by atoms with Crippen LogP contribution in [0.25, 0.3) is 0 Å². The maximum atomic E-state index is 13.0. The summed E-state index contributed by atoms with van der Waals surface area (Å²) in [6.45, 7) is 6.28. The quantitative estimate of drug-likeness (QED) is 0.922. The summed E-state index contributed by atoms with van der Waals surface area (Å²) in [7, 11) is 0. The van der Waals surface area contributed by atoms with Crippen LogP contribution in [0.3, 0.4) is 0 Å². The van der Waals surface area contributed by atoms with Crippen molar-refractivity contribution < 1.29 is 9.59 Å². The van der Waals surface area contributed by atoms with E-state index in [0.29, 0.717) is 25.8 Å². The average Bonchev–Trinajstić information content (AvgIpc) is 2.65. The number of hydrogen-bond acceptors (Lipinski definition) is 3. The largest absolute Gasteiger partial charge is 0.342 e. The Bertz CT molecular complexity index is 512. The molecule has 1 unspecified atom stereocenters. The van der Waals surface area contributed by atoms with Crippen LogP contribution < -0.4 is 5.32 Å². The lowest BCUT2D eigenvalue weighted by atomic mass is 9.90. The lowest BCUT2D eigenvalue weighted by Gasteiger charge is -2.36. The molecule has 1 fully saturated rings. The van der Waals surface area contributed by atoms with E-state index in [9.17, 15) is 9.59 Å². The van der Waals surface area contributed by atoms with Gasteiger partial charge in [0.15, 0.2) is 0 Å². The Morgan fingerprint density at radius 1 is 1.33 bits per heavy atom. The maximum absolute atomic E-state index is 13.0. The summed E-state index contributed by atoms with van der Waals surface area (Å²) in [6.07, 6.45) is 3.26. The van der Waals surface area contributed by atoms with E-state index in [-0.39, 0.29) is 17.9 Å². The van der Waals surface area contributed by atoms with E-state index in [1.807, 2.05) is 39.0 Å². The van der Waals surface area contributed by atoms with Crippen molar-refractivity contribution >= 4 is 11.8 Å². The first-order valence-electron chi connectivity index (χ1n) is 7.57. The molecule has 0 bridgehead atoms. The number of nitrogens with one attached hydrogen (secondary N) is 1. The number of amides is 2. The lowest BCUT2D eigenvalue weighted by molar-refractivity contribution is -0.141. The van der Waals surface area contributed by atoms with Gasteiger partial charge in [-0.15, -0.1) is 0 Å². The van der Waals surface area contributed by atoms with E-state index in [4.69, 9.17) is 0 Å². The summed E-state index contributed by atoms with van der Waals surface area (Å²) in [5.74, 6) is -0.0562. The van der Waals surface area contributed by atoms with Gasteiger partial charge in [-0.1, -0.05) is 19.9 Å². The van der Waals surface area contributed by atoms with Crippen molar-refractivity contribution in [3.05, 3.63) is 30.1 Å². The minimum Gasteiger partial charge on any atom is -0.342 e. The van der Waals surface area contributed by atoms with E-state index in [0.717, 1.165) is 5.69 Å². The third-order valence-electron chi connectivity index (χ3n) is 4.42. The highest BCUT2D eigenvalue weighted by molar-refractivity contribution is 5.93. The van der Waals surface area contributed by atoms with Crippen molar-refractivity contribution in [2.24, 2.45) is 0 Å². The first-order valence-corrected chi connectivity index (χ1v) is 7.57. The summed E-state index contributed by atoms with van der Waals surface area (Å²) >= 11 is 0. The van der Waals surface area contributed by atoms with Crippen LogP contribution in [0.2, 0.25) is 0 Å². The summed E-state index contributed by atoms with van der Waals surface area (Å²) in [6, 6.07) is 5.55. The van der Waals surface area contributed by atoms with Crippen LogP contribution in [0.5, 0.6) is 0 Å². The van der Waals surface area contributed by atoms with Gasteiger partial charge in [0.25, 0.3) is 0 Å². The third-order valence-corrected chi connectivity index (χ3v) is 4.42. The number of rotatable bonds is 4. The van der Waals surface area contributed by atoms with Gasteiger partial charge < -0.3 is 10.2 Å². The van der Waals surface area contributed by atoms with E-state index in [1.54, 1.807) is 11.1 Å². The molecule has 1 aliphatic rings. The molecular formula is C16H23N3O2. The zero-order valence-corrected chi connectivity index (χ0v) is 12.9. The van der Waals surface area contributed by atoms with Gasteiger partial charge in [0.2, 0.25) is 11.8 Å². The van der Waals surface area contributed by atoms with Gasteiger partial charge in [-0.3, -0.25) is 14.6 Å². The molecule has 114 valence electrons. The molecule has 1 atom stereocenters. The second kappa shape index (κ2) is 6.24. The molecule has 1 N–H and O–H groups in total. The van der Waals surface area contributed by atoms with Crippen molar-refractivity contribution in [2.75, 3.05) is 6.54 Å². The predicted octanol–water partition coefficient (Wildman–Crippen LogP) is 2.05. The highest BCUT2D eigenvalue weighted by Gasteiger charge is 2.43. The Morgan fingerprint density at radius 3 is 2.62 bits per heavy atom. The third kappa shape index (κ3) is 2.91. The molecule has 1 saturated heterocycles. The highest BCUT2D eigenvalue weighted by Crippen LogP contribution is 2.28. The normalized spacial score (nSPS) is 19.9. The number of nitrogens with zero attached hydrogens (tertiary/aromatic N) is 2. The molecule has 2 amide bonds. The highest BCUT2D eigenvalue weighted by atomic mass is 16.2. The fourth-order valence-corrected chi connectivity index (χ4v) is 2.86. The summed E-state index contributed by atoms with van der Waals surface area (Å²) in [4.78, 5) is 31.1. The summed E-state index contributed by atoms with van der Waals surface area (Å²) < 4.78 is 0. The smallest absolute Gasteiger partial charge is 0.248 e. The van der Waals surface area contributed by atoms with Gasteiger partial charge in [-0.2, -0.15) is 0 Å². The molecule has 0 aromatic carbocycles. The molecule has 2 rings (SSSR count). The average molecular weight is 289 g/mol. The standard InChI is InChI=1S/C16H23N3O2/c1-4-16(5-2)15(21)19(11-9-14(20)18-16)12(3)13-8-6-7-10-17-13/h6-8,10,12H,4-5,9,11H2,1-3H3,(H,18,20). The topological polar surface area (TPSA) is 62.3 Å². The zero-order chi connectivity index (χ0) is 15.5. The summed E-state index contributed by atoms with van der Waals surface area (Å²) in [5, 5.41) is 2.93. The Kier molecular flexibility index (Phi) is 4.60. The van der Waals surface area contributed by atoms with E-state index in [1.165, 1.54) is 0 Å². The second-order valence-corrected chi connectivity index (χ2v) is 5.52. The van der Waals surface area contributed by atoms with Gasteiger partial charge >= 0.3 is 0 Å². The molecule has 1 aliphatic heterocycles. The van der Waals surface area contributed by atoms with Crippen molar-refractivity contribution in [3.63, 3.8) is 0 Å². The maximum Gasteiger partial charge on any atom is 0.248 e. The molecular weight excluding hydrogens is 266 g/mol. The molecule has 1 aromatic heterocycles. The van der Waals surface area contributed by atoms with Gasteiger partial charge in [-0.25, -0.2) is 0 Å². The predicted molar refractivity (Wildman–Crippen MR) is 80.4 cm³/mol. The Morgan fingerprint density at radius 2 is 2.05 bits per heavy atom. The molecule has 0 spiro atoms. The number of pyridine rings is 1. The van der Waals surface area contributed by atoms with Crippen LogP contribution in [-0.4, -0.2) is 33.8 Å². The lowest BCUT2D eigenvalue weighted by Crippen LogP contribution is -2.56. The molecule has 21 heavy (non-hydrogen) atoms. The number of aromatic nitrogens is 1. The molecule has 5 heteroatoms. The minimum atomic E-state index is -0.781. The van der Waals surface area contributed by atoms with Gasteiger partial charge in [0, 0.05) is 19.2 Å². The monoisotopic (exact) mass is 289 g/mol. The molecule has 5 nitrogen and oxygen atoms in total. The Balaban J connectivity index is 2.34. The van der Waals surface area contributed by atoms with Crippen molar-refractivity contribution in [1.29, 1.82) is 0 Å². The van der Waals surface area contributed by atoms with Crippen molar-refractivity contribution in [1.82, 2.24) is 15.2 Å². The molecule has 2 heterocycles. The molecule has 0 aliphatic carbocycles. The van der Waals surface area contributed by atoms with Crippen LogP contribution in [0.15, 0.2) is 24.4 Å². The van der Waals surface area contributed by atoms with Crippen molar-refractivity contribution in [2.45, 2.75) is 51.6 Å². The number of carbonyl (C=O) groups is 2.